The third-order valence-corrected chi connectivity index (χ3v) is 3.03. The first-order valence-corrected chi connectivity index (χ1v) is 5.86. The first kappa shape index (κ1) is 10.7. The summed E-state index contributed by atoms with van der Waals surface area (Å²) in [5, 5.41) is 7.05. The van der Waals surface area contributed by atoms with Crippen molar-refractivity contribution in [1.82, 2.24) is 10.6 Å². The predicted molar refractivity (Wildman–Crippen MR) is 60.8 cm³/mol. The SMILES string of the molecule is C[C@@H](NC1CCCNCC1)c1ccco1. The van der Waals surface area contributed by atoms with Gasteiger partial charge in [0, 0.05) is 6.04 Å². The maximum atomic E-state index is 5.39. The maximum absolute atomic E-state index is 5.39. The van der Waals surface area contributed by atoms with Crippen molar-refractivity contribution in [3.05, 3.63) is 24.2 Å². The van der Waals surface area contributed by atoms with E-state index in [0.29, 0.717) is 12.1 Å². The summed E-state index contributed by atoms with van der Waals surface area (Å²) in [6.07, 6.45) is 5.48. The first-order chi connectivity index (χ1) is 7.36. The average molecular weight is 208 g/mol. The number of hydrogen-bond acceptors (Lipinski definition) is 3. The van der Waals surface area contributed by atoms with Crippen LogP contribution in [0.15, 0.2) is 22.8 Å². The second kappa shape index (κ2) is 5.33. The van der Waals surface area contributed by atoms with Crippen LogP contribution < -0.4 is 10.6 Å². The number of hydrogen-bond donors (Lipinski definition) is 2. The smallest absolute Gasteiger partial charge is 0.120 e. The predicted octanol–water partition coefficient (Wildman–Crippen LogP) is 2.07. The second-order valence-electron chi connectivity index (χ2n) is 4.28. The molecular weight excluding hydrogens is 188 g/mol. The van der Waals surface area contributed by atoms with Crippen molar-refractivity contribution in [2.24, 2.45) is 0 Å². The van der Waals surface area contributed by atoms with Gasteiger partial charge in [-0.25, -0.2) is 0 Å². The quantitative estimate of drug-likeness (QED) is 0.798. The molecule has 0 bridgehead atoms. The van der Waals surface area contributed by atoms with Gasteiger partial charge in [0.05, 0.1) is 12.3 Å². The molecule has 2 rings (SSSR count). The minimum absolute atomic E-state index is 0.322. The van der Waals surface area contributed by atoms with Crippen LogP contribution in [-0.2, 0) is 0 Å². The third kappa shape index (κ3) is 3.08. The van der Waals surface area contributed by atoms with E-state index >= 15 is 0 Å². The van der Waals surface area contributed by atoms with Crippen molar-refractivity contribution < 1.29 is 4.42 Å². The molecule has 2 heterocycles. The zero-order valence-electron chi connectivity index (χ0n) is 9.33. The molecule has 1 aromatic heterocycles. The molecule has 1 fully saturated rings. The Morgan fingerprint density at radius 1 is 1.47 bits per heavy atom. The Balaban J connectivity index is 1.84. The van der Waals surface area contributed by atoms with Crippen LogP contribution in [0.25, 0.3) is 0 Å². The zero-order chi connectivity index (χ0) is 10.5. The second-order valence-corrected chi connectivity index (χ2v) is 4.28. The highest BCUT2D eigenvalue weighted by Gasteiger charge is 2.16. The fourth-order valence-corrected chi connectivity index (χ4v) is 2.16. The van der Waals surface area contributed by atoms with Gasteiger partial charge in [-0.05, 0) is 51.4 Å². The summed E-state index contributed by atoms with van der Waals surface area (Å²) < 4.78 is 5.39. The van der Waals surface area contributed by atoms with Gasteiger partial charge in [-0.2, -0.15) is 0 Å². The molecule has 0 radical (unpaired) electrons. The van der Waals surface area contributed by atoms with E-state index in [1.54, 1.807) is 6.26 Å². The average Bonchev–Trinajstić information content (AvgIpc) is 2.65. The van der Waals surface area contributed by atoms with Gasteiger partial charge in [0.25, 0.3) is 0 Å². The van der Waals surface area contributed by atoms with Gasteiger partial charge in [-0.15, -0.1) is 0 Å². The lowest BCUT2D eigenvalue weighted by Gasteiger charge is -2.20. The van der Waals surface area contributed by atoms with Gasteiger partial charge in [-0.3, -0.25) is 0 Å². The molecule has 15 heavy (non-hydrogen) atoms. The van der Waals surface area contributed by atoms with E-state index in [4.69, 9.17) is 4.42 Å². The lowest BCUT2D eigenvalue weighted by molar-refractivity contribution is 0.370. The minimum atomic E-state index is 0.322. The van der Waals surface area contributed by atoms with Crippen molar-refractivity contribution in [1.29, 1.82) is 0 Å². The Bertz CT molecular complexity index is 263. The molecular formula is C12H20N2O. The van der Waals surface area contributed by atoms with Gasteiger partial charge >= 0.3 is 0 Å². The lowest BCUT2D eigenvalue weighted by Crippen LogP contribution is -2.32. The van der Waals surface area contributed by atoms with E-state index in [0.717, 1.165) is 18.8 Å². The Kier molecular flexibility index (Phi) is 3.80. The summed E-state index contributed by atoms with van der Waals surface area (Å²) in [6, 6.07) is 4.93. The molecule has 2 atom stereocenters. The molecule has 0 spiro atoms. The Morgan fingerprint density at radius 3 is 3.20 bits per heavy atom. The molecule has 0 aliphatic carbocycles. The topological polar surface area (TPSA) is 37.2 Å². The van der Waals surface area contributed by atoms with E-state index in [1.807, 2.05) is 12.1 Å². The van der Waals surface area contributed by atoms with Crippen molar-refractivity contribution in [2.75, 3.05) is 13.1 Å². The molecule has 2 N–H and O–H groups in total. The molecule has 0 saturated carbocycles. The highest BCUT2D eigenvalue weighted by atomic mass is 16.3. The van der Waals surface area contributed by atoms with Crippen LogP contribution in [0, 0.1) is 0 Å². The minimum Gasteiger partial charge on any atom is -0.468 e. The van der Waals surface area contributed by atoms with Gasteiger partial charge in [0.15, 0.2) is 0 Å². The standard InChI is InChI=1S/C12H20N2O/c1-10(12-5-3-9-15-12)14-11-4-2-7-13-8-6-11/h3,5,9-11,13-14H,2,4,6-8H2,1H3/t10-,11?/m1/s1. The molecule has 1 aromatic rings. The van der Waals surface area contributed by atoms with E-state index in [-0.39, 0.29) is 0 Å². The highest BCUT2D eigenvalue weighted by molar-refractivity contribution is 5.03. The molecule has 0 amide bonds. The lowest BCUT2D eigenvalue weighted by atomic mass is 10.1. The van der Waals surface area contributed by atoms with Crippen LogP contribution in [0.1, 0.15) is 38.0 Å². The molecule has 0 aromatic carbocycles. The summed E-state index contributed by atoms with van der Waals surface area (Å²) in [6.45, 7) is 4.45. The number of furan rings is 1. The fraction of sp³-hybridized carbons (Fsp3) is 0.667. The van der Waals surface area contributed by atoms with Gasteiger partial charge < -0.3 is 15.1 Å². The molecule has 3 heteroatoms. The summed E-state index contributed by atoms with van der Waals surface area (Å²) >= 11 is 0. The van der Waals surface area contributed by atoms with Crippen LogP contribution in [-0.4, -0.2) is 19.1 Å². The third-order valence-electron chi connectivity index (χ3n) is 3.03. The van der Waals surface area contributed by atoms with E-state index in [2.05, 4.69) is 17.6 Å². The van der Waals surface area contributed by atoms with E-state index in [1.165, 1.54) is 19.3 Å². The van der Waals surface area contributed by atoms with Crippen molar-refractivity contribution in [2.45, 2.75) is 38.3 Å². The molecule has 1 unspecified atom stereocenters. The summed E-state index contributed by atoms with van der Waals surface area (Å²) in [7, 11) is 0. The van der Waals surface area contributed by atoms with Crippen molar-refractivity contribution >= 4 is 0 Å². The first-order valence-electron chi connectivity index (χ1n) is 5.86. The van der Waals surface area contributed by atoms with Crippen LogP contribution in [0.4, 0.5) is 0 Å². The Hall–Kier alpha value is -0.800. The highest BCUT2D eigenvalue weighted by Crippen LogP contribution is 2.15. The van der Waals surface area contributed by atoms with E-state index < -0.39 is 0 Å². The fourth-order valence-electron chi connectivity index (χ4n) is 2.16. The normalized spacial score (nSPS) is 24.7. The van der Waals surface area contributed by atoms with Gasteiger partial charge in [0.2, 0.25) is 0 Å². The van der Waals surface area contributed by atoms with Gasteiger partial charge in [0.1, 0.15) is 5.76 Å². The molecule has 84 valence electrons. The monoisotopic (exact) mass is 208 g/mol. The van der Waals surface area contributed by atoms with E-state index in [9.17, 15) is 0 Å². The largest absolute Gasteiger partial charge is 0.468 e. The molecule has 3 nitrogen and oxygen atoms in total. The zero-order valence-corrected chi connectivity index (χ0v) is 9.33. The molecule has 1 saturated heterocycles. The summed E-state index contributed by atoms with van der Waals surface area (Å²) in [5.74, 6) is 1.03. The van der Waals surface area contributed by atoms with Crippen LogP contribution in [0.2, 0.25) is 0 Å². The van der Waals surface area contributed by atoms with Crippen molar-refractivity contribution in [3.63, 3.8) is 0 Å². The maximum Gasteiger partial charge on any atom is 0.120 e. The Labute approximate surface area is 91.2 Å². The number of nitrogens with one attached hydrogen (secondary N) is 2. The van der Waals surface area contributed by atoms with Gasteiger partial charge in [-0.1, -0.05) is 0 Å². The van der Waals surface area contributed by atoms with Crippen molar-refractivity contribution in [3.8, 4) is 0 Å². The van der Waals surface area contributed by atoms with Crippen LogP contribution in [0.3, 0.4) is 0 Å². The number of rotatable bonds is 3. The van der Waals surface area contributed by atoms with Crippen LogP contribution >= 0.6 is 0 Å². The molecule has 1 aliphatic heterocycles. The van der Waals surface area contributed by atoms with Crippen LogP contribution in [0.5, 0.6) is 0 Å². The Morgan fingerprint density at radius 2 is 2.40 bits per heavy atom. The summed E-state index contributed by atoms with van der Waals surface area (Å²) in [5.41, 5.74) is 0. The summed E-state index contributed by atoms with van der Waals surface area (Å²) in [4.78, 5) is 0. The molecule has 1 aliphatic rings.